The predicted molar refractivity (Wildman–Crippen MR) is 97.5 cm³/mol. The molecule has 7 heteroatoms. The van der Waals surface area contributed by atoms with Crippen LogP contribution in [0, 0.1) is 0 Å². The van der Waals surface area contributed by atoms with Gasteiger partial charge in [0.25, 0.3) is 0 Å². The van der Waals surface area contributed by atoms with Gasteiger partial charge in [0.15, 0.2) is 5.78 Å². The minimum absolute atomic E-state index is 0. The number of halogens is 3. The van der Waals surface area contributed by atoms with Crippen molar-refractivity contribution >= 4 is 46.0 Å². The zero-order valence-electron chi connectivity index (χ0n) is 13.1. The third kappa shape index (κ3) is 4.64. The van der Waals surface area contributed by atoms with E-state index in [4.69, 9.17) is 23.2 Å². The summed E-state index contributed by atoms with van der Waals surface area (Å²) in [6.45, 7) is 4.79. The number of rotatable bonds is 5. The van der Waals surface area contributed by atoms with Gasteiger partial charge in [-0.15, -0.1) is 11.3 Å². The molecule has 1 aliphatic heterocycles. The van der Waals surface area contributed by atoms with E-state index in [9.17, 15) is 4.79 Å². The van der Waals surface area contributed by atoms with E-state index in [1.807, 2.05) is 35.7 Å². The van der Waals surface area contributed by atoms with Crippen LogP contribution in [0.2, 0.25) is 10.0 Å². The number of quaternary nitrogens is 1. The summed E-state index contributed by atoms with van der Waals surface area (Å²) in [7, 11) is 0. The Bertz CT molecular complexity index is 670. The second-order valence-electron chi connectivity index (χ2n) is 5.71. The number of hydrogen-bond acceptors (Lipinski definition) is 3. The van der Waals surface area contributed by atoms with Crippen molar-refractivity contribution in [3.05, 3.63) is 50.6 Å². The van der Waals surface area contributed by atoms with E-state index in [0.717, 1.165) is 43.3 Å². The maximum absolute atomic E-state index is 12.1. The number of hydrogen-bond donors (Lipinski definition) is 1. The van der Waals surface area contributed by atoms with E-state index in [-0.39, 0.29) is 18.2 Å². The molecule has 1 aromatic heterocycles. The molecule has 0 spiro atoms. The van der Waals surface area contributed by atoms with Crippen LogP contribution in [0.25, 0.3) is 0 Å². The lowest BCUT2D eigenvalue weighted by atomic mass is 10.2. The molecule has 1 aromatic carbocycles. The van der Waals surface area contributed by atoms with E-state index < -0.39 is 0 Å². The fraction of sp³-hybridized carbons (Fsp3) is 0.353. The molecule has 1 saturated heterocycles. The van der Waals surface area contributed by atoms with Crippen LogP contribution in [0.3, 0.4) is 0 Å². The first-order valence-corrected chi connectivity index (χ1v) is 9.38. The quantitative estimate of drug-likeness (QED) is 0.710. The van der Waals surface area contributed by atoms with Gasteiger partial charge < -0.3 is 22.2 Å². The predicted octanol–water partition coefficient (Wildman–Crippen LogP) is 0.0368. The third-order valence-electron chi connectivity index (χ3n) is 4.24. The summed E-state index contributed by atoms with van der Waals surface area (Å²) in [6.07, 6.45) is 0.619. The average molecular weight is 406 g/mol. The molecule has 2 aromatic rings. The molecule has 0 aliphatic carbocycles. The average Bonchev–Trinajstić information content (AvgIpc) is 3.10. The number of thiophene rings is 1. The van der Waals surface area contributed by atoms with Crippen LogP contribution in [0.4, 0.5) is 5.69 Å². The second kappa shape index (κ2) is 9.07. The number of piperazine rings is 1. The molecule has 0 unspecified atom stereocenters. The van der Waals surface area contributed by atoms with Gasteiger partial charge >= 0.3 is 0 Å². The summed E-state index contributed by atoms with van der Waals surface area (Å²) >= 11 is 13.9. The molecule has 2 heterocycles. The Morgan fingerprint density at radius 1 is 1.17 bits per heavy atom. The van der Waals surface area contributed by atoms with Crippen molar-refractivity contribution in [2.75, 3.05) is 37.6 Å². The third-order valence-corrected chi connectivity index (χ3v) is 5.96. The molecule has 0 atom stereocenters. The lowest BCUT2D eigenvalue weighted by Crippen LogP contribution is -3.15. The molecule has 1 N–H and O–H groups in total. The Hall–Kier alpha value is -0.780. The van der Waals surface area contributed by atoms with E-state index >= 15 is 0 Å². The smallest absolute Gasteiger partial charge is 0.178 e. The lowest BCUT2D eigenvalue weighted by Gasteiger charge is -2.34. The summed E-state index contributed by atoms with van der Waals surface area (Å²) < 4.78 is 0. The van der Waals surface area contributed by atoms with Crippen LogP contribution in [0.1, 0.15) is 16.1 Å². The summed E-state index contributed by atoms with van der Waals surface area (Å²) in [5.41, 5.74) is 1.01. The molecule has 1 fully saturated rings. The highest BCUT2D eigenvalue weighted by molar-refractivity contribution is 7.12. The van der Waals surface area contributed by atoms with E-state index in [1.54, 1.807) is 0 Å². The first kappa shape index (κ1) is 19.5. The topological polar surface area (TPSA) is 24.8 Å². The zero-order valence-corrected chi connectivity index (χ0v) is 16.2. The number of nitrogens with one attached hydrogen (secondary N) is 1. The number of nitrogens with zero attached hydrogens (tertiary/aromatic N) is 1. The maximum atomic E-state index is 12.1. The highest BCUT2D eigenvalue weighted by Crippen LogP contribution is 2.32. The lowest BCUT2D eigenvalue weighted by molar-refractivity contribution is -0.899. The van der Waals surface area contributed by atoms with Crippen molar-refractivity contribution < 1.29 is 22.1 Å². The molecule has 0 bridgehead atoms. The molecular weight excluding hydrogens is 387 g/mol. The van der Waals surface area contributed by atoms with Gasteiger partial charge in [-0.1, -0.05) is 35.3 Å². The fourth-order valence-electron chi connectivity index (χ4n) is 2.90. The van der Waals surface area contributed by atoms with Gasteiger partial charge in [-0.25, -0.2) is 0 Å². The van der Waals surface area contributed by atoms with Crippen LogP contribution in [0.5, 0.6) is 0 Å². The van der Waals surface area contributed by atoms with Gasteiger partial charge in [0.05, 0.1) is 59.8 Å². The van der Waals surface area contributed by atoms with Crippen LogP contribution < -0.4 is 22.2 Å². The molecule has 3 rings (SSSR count). The van der Waals surface area contributed by atoms with Crippen molar-refractivity contribution in [1.82, 2.24) is 0 Å². The number of carbonyl (C=O) groups is 1. The van der Waals surface area contributed by atoms with Crippen molar-refractivity contribution in [3.8, 4) is 0 Å². The first-order chi connectivity index (χ1) is 11.1. The zero-order chi connectivity index (χ0) is 16.2. The fourth-order valence-corrected chi connectivity index (χ4v) is 4.01. The van der Waals surface area contributed by atoms with E-state index in [1.165, 1.54) is 16.2 Å². The summed E-state index contributed by atoms with van der Waals surface area (Å²) in [6, 6.07) is 9.59. The highest BCUT2D eigenvalue weighted by atomic mass is 35.5. The molecule has 3 nitrogen and oxygen atoms in total. The molecule has 130 valence electrons. The largest absolute Gasteiger partial charge is 1.00 e. The second-order valence-corrected chi connectivity index (χ2v) is 7.44. The van der Waals surface area contributed by atoms with Gasteiger partial charge in [0, 0.05) is 0 Å². The van der Waals surface area contributed by atoms with Gasteiger partial charge in [-0.05, 0) is 23.6 Å². The standard InChI is InChI=1S/C17H18Cl2N2OS.ClH/c18-13-3-1-4-14(17(13)19)21-10-8-20(9-11-21)7-6-15(22)16-5-2-12-23-16;/h1-5,12H,6-11H2;1H. The van der Waals surface area contributed by atoms with Gasteiger partial charge in [-0.2, -0.15) is 0 Å². The van der Waals surface area contributed by atoms with Crippen LogP contribution in [-0.2, 0) is 0 Å². The number of Topliss-reactive ketones (excluding diaryl/α,β-unsaturated/α-hetero) is 1. The summed E-state index contributed by atoms with van der Waals surface area (Å²) in [4.78, 5) is 16.7. The minimum atomic E-state index is 0. The number of anilines is 1. The van der Waals surface area contributed by atoms with E-state index in [2.05, 4.69) is 4.90 Å². The Balaban J connectivity index is 0.00000208. The van der Waals surface area contributed by atoms with Gasteiger partial charge in [0.1, 0.15) is 0 Å². The van der Waals surface area contributed by atoms with Crippen molar-refractivity contribution in [3.63, 3.8) is 0 Å². The molecule has 0 radical (unpaired) electrons. The molecule has 0 saturated carbocycles. The monoisotopic (exact) mass is 404 g/mol. The Morgan fingerprint density at radius 2 is 1.92 bits per heavy atom. The van der Waals surface area contributed by atoms with Crippen LogP contribution in [0.15, 0.2) is 35.7 Å². The van der Waals surface area contributed by atoms with Gasteiger partial charge in [-0.3, -0.25) is 4.79 Å². The normalized spacial score (nSPS) is 15.2. The number of carbonyl (C=O) groups excluding carboxylic acids is 1. The molecule has 24 heavy (non-hydrogen) atoms. The van der Waals surface area contributed by atoms with Crippen LogP contribution in [-0.4, -0.2) is 38.5 Å². The number of benzene rings is 1. The van der Waals surface area contributed by atoms with Crippen molar-refractivity contribution in [1.29, 1.82) is 0 Å². The van der Waals surface area contributed by atoms with Gasteiger partial charge in [0.2, 0.25) is 0 Å². The number of ketones is 1. The summed E-state index contributed by atoms with van der Waals surface area (Å²) in [5, 5.41) is 3.18. The minimum Gasteiger partial charge on any atom is -1.00 e. The van der Waals surface area contributed by atoms with Crippen molar-refractivity contribution in [2.24, 2.45) is 0 Å². The summed E-state index contributed by atoms with van der Waals surface area (Å²) in [5.74, 6) is 0.257. The Morgan fingerprint density at radius 3 is 2.58 bits per heavy atom. The first-order valence-electron chi connectivity index (χ1n) is 7.74. The maximum Gasteiger partial charge on any atom is 0.178 e. The van der Waals surface area contributed by atoms with E-state index in [0.29, 0.717) is 16.5 Å². The SMILES string of the molecule is O=C(CC[NH+]1CCN(c2cccc(Cl)c2Cl)CC1)c1cccs1.[Cl-]. The van der Waals surface area contributed by atoms with Crippen LogP contribution >= 0.6 is 34.5 Å². The molecule has 1 aliphatic rings. The Kier molecular flexibility index (Phi) is 7.38. The Labute approximate surface area is 162 Å². The molecular formula is C17H19Cl3N2OS. The highest BCUT2D eigenvalue weighted by Gasteiger charge is 2.23. The van der Waals surface area contributed by atoms with Crippen molar-refractivity contribution in [2.45, 2.75) is 6.42 Å². The molecule has 0 amide bonds.